The average molecular weight is 250 g/mol. The Bertz CT molecular complexity index is 450. The Labute approximate surface area is 106 Å². The van der Waals surface area contributed by atoms with Gasteiger partial charge in [-0.05, 0) is 38.3 Å². The van der Waals surface area contributed by atoms with E-state index < -0.39 is 5.97 Å². The zero-order chi connectivity index (χ0) is 13.2. The Hall–Kier alpha value is -1.62. The molecule has 0 unspecified atom stereocenters. The molecule has 0 atom stereocenters. The number of nitrogens with one attached hydrogen (secondary N) is 1. The lowest BCUT2D eigenvalue weighted by Gasteiger charge is -2.40. The fraction of sp³-hybridized carbons (Fsp3) is 0.538. The minimum absolute atomic E-state index is 0.152. The third-order valence-electron chi connectivity index (χ3n) is 3.54. The van der Waals surface area contributed by atoms with Crippen LogP contribution in [0.5, 0.6) is 0 Å². The Balaban J connectivity index is 2.12. The largest absolute Gasteiger partial charge is 0.478 e. The van der Waals surface area contributed by atoms with Gasteiger partial charge < -0.3 is 15.2 Å². The normalized spacial score (nSPS) is 17.0. The lowest BCUT2D eigenvalue weighted by Crippen LogP contribution is -2.45. The zero-order valence-corrected chi connectivity index (χ0v) is 10.7. The monoisotopic (exact) mass is 250 g/mol. The van der Waals surface area contributed by atoms with E-state index in [1.54, 1.807) is 19.2 Å². The first-order chi connectivity index (χ1) is 8.56. The summed E-state index contributed by atoms with van der Waals surface area (Å²) in [5, 5.41) is 12.2. The van der Waals surface area contributed by atoms with Gasteiger partial charge in [-0.25, -0.2) is 9.78 Å². The van der Waals surface area contributed by atoms with Crippen molar-refractivity contribution in [3.63, 3.8) is 0 Å². The van der Waals surface area contributed by atoms with Crippen LogP contribution in [0.15, 0.2) is 12.1 Å². The molecule has 0 bridgehead atoms. The van der Waals surface area contributed by atoms with E-state index in [2.05, 4.69) is 10.3 Å². The van der Waals surface area contributed by atoms with Crippen molar-refractivity contribution in [1.82, 2.24) is 4.98 Å². The van der Waals surface area contributed by atoms with Crippen LogP contribution in [0.25, 0.3) is 0 Å². The molecule has 1 aromatic heterocycles. The highest BCUT2D eigenvalue weighted by Crippen LogP contribution is 2.35. The van der Waals surface area contributed by atoms with E-state index in [1.165, 1.54) is 0 Å². The van der Waals surface area contributed by atoms with Crippen molar-refractivity contribution >= 4 is 11.8 Å². The maximum atomic E-state index is 11.1. The second-order valence-corrected chi connectivity index (χ2v) is 4.75. The second kappa shape index (κ2) is 4.94. The van der Waals surface area contributed by atoms with Crippen molar-refractivity contribution in [2.24, 2.45) is 0 Å². The third-order valence-corrected chi connectivity index (χ3v) is 3.54. The smallest absolute Gasteiger partial charge is 0.339 e. The van der Waals surface area contributed by atoms with Crippen LogP contribution in [0.2, 0.25) is 0 Å². The van der Waals surface area contributed by atoms with E-state index in [4.69, 9.17) is 9.84 Å². The average Bonchev–Trinajstić information content (AvgIpc) is 2.28. The Morgan fingerprint density at radius 3 is 2.78 bits per heavy atom. The molecule has 0 radical (unpaired) electrons. The van der Waals surface area contributed by atoms with Crippen molar-refractivity contribution in [1.29, 1.82) is 0 Å². The molecule has 1 heterocycles. The van der Waals surface area contributed by atoms with Gasteiger partial charge in [-0.15, -0.1) is 0 Å². The summed E-state index contributed by atoms with van der Waals surface area (Å²) in [6.07, 6.45) is 3.16. The number of carbonyl (C=O) groups is 1. The molecule has 18 heavy (non-hydrogen) atoms. The number of pyridine rings is 1. The quantitative estimate of drug-likeness (QED) is 0.837. The number of anilines is 1. The van der Waals surface area contributed by atoms with Crippen molar-refractivity contribution in [2.45, 2.75) is 31.8 Å². The Morgan fingerprint density at radius 2 is 2.28 bits per heavy atom. The van der Waals surface area contributed by atoms with Crippen molar-refractivity contribution < 1.29 is 14.6 Å². The van der Waals surface area contributed by atoms with Crippen molar-refractivity contribution in [2.75, 3.05) is 19.0 Å². The summed E-state index contributed by atoms with van der Waals surface area (Å²) in [6.45, 7) is 2.44. The molecule has 1 aromatic rings. The van der Waals surface area contributed by atoms with Crippen molar-refractivity contribution in [3.05, 3.63) is 23.4 Å². The molecular weight excluding hydrogens is 232 g/mol. The molecule has 0 amide bonds. The van der Waals surface area contributed by atoms with Crippen molar-refractivity contribution in [3.8, 4) is 0 Å². The molecule has 1 fully saturated rings. The number of methoxy groups -OCH3 is 1. The number of nitrogens with zero attached hydrogens (tertiary/aromatic N) is 1. The molecule has 1 aliphatic carbocycles. The number of aromatic nitrogens is 1. The zero-order valence-electron chi connectivity index (χ0n) is 10.7. The summed E-state index contributed by atoms with van der Waals surface area (Å²) in [5.74, 6) is -0.545. The van der Waals surface area contributed by atoms with Gasteiger partial charge in [0.25, 0.3) is 0 Å². The highest BCUT2D eigenvalue weighted by molar-refractivity contribution is 5.93. The molecule has 98 valence electrons. The number of aromatic carboxylic acids is 1. The van der Waals surface area contributed by atoms with Crippen LogP contribution in [0.1, 0.15) is 35.3 Å². The molecule has 2 rings (SSSR count). The van der Waals surface area contributed by atoms with E-state index in [1.807, 2.05) is 6.92 Å². The van der Waals surface area contributed by atoms with Crippen LogP contribution in [0, 0.1) is 6.92 Å². The summed E-state index contributed by atoms with van der Waals surface area (Å²) in [6, 6.07) is 3.28. The van der Waals surface area contributed by atoms with E-state index in [0.717, 1.165) is 25.0 Å². The molecule has 0 aliphatic heterocycles. The first kappa shape index (κ1) is 12.8. The van der Waals surface area contributed by atoms with Gasteiger partial charge in [-0.3, -0.25) is 0 Å². The summed E-state index contributed by atoms with van der Waals surface area (Å²) in [4.78, 5) is 15.3. The lowest BCUT2D eigenvalue weighted by atomic mass is 9.80. The Morgan fingerprint density at radius 1 is 1.56 bits per heavy atom. The molecule has 5 nitrogen and oxygen atoms in total. The number of hydrogen-bond donors (Lipinski definition) is 2. The fourth-order valence-electron chi connectivity index (χ4n) is 2.13. The molecule has 1 saturated carbocycles. The third kappa shape index (κ3) is 2.46. The highest BCUT2D eigenvalue weighted by atomic mass is 16.5. The first-order valence-electron chi connectivity index (χ1n) is 6.06. The molecule has 2 N–H and O–H groups in total. The van der Waals surface area contributed by atoms with Gasteiger partial charge in [0.15, 0.2) is 0 Å². The van der Waals surface area contributed by atoms with E-state index in [9.17, 15) is 4.79 Å². The molecule has 0 spiro atoms. The van der Waals surface area contributed by atoms with E-state index in [0.29, 0.717) is 12.4 Å². The Kier molecular flexibility index (Phi) is 3.52. The van der Waals surface area contributed by atoms with E-state index in [-0.39, 0.29) is 11.2 Å². The van der Waals surface area contributed by atoms with Gasteiger partial charge in [0.2, 0.25) is 0 Å². The standard InChI is InChI=1S/C13H18N2O3/c1-9-4-5-10(12(16)17)11(15-9)14-8-13(18-2)6-3-7-13/h4-5H,3,6-8H2,1-2H3,(H,14,15)(H,16,17). The number of rotatable bonds is 5. The number of aryl methyl sites for hydroxylation is 1. The molecule has 5 heteroatoms. The van der Waals surface area contributed by atoms with Gasteiger partial charge >= 0.3 is 5.97 Å². The SMILES string of the molecule is COC1(CNc2nc(C)ccc2C(=O)O)CCC1. The van der Waals surface area contributed by atoms with Gasteiger partial charge in [0, 0.05) is 19.3 Å². The molecule has 0 aromatic carbocycles. The predicted octanol–water partition coefficient (Wildman–Crippen LogP) is 2.07. The fourth-order valence-corrected chi connectivity index (χ4v) is 2.13. The topological polar surface area (TPSA) is 71.5 Å². The van der Waals surface area contributed by atoms with Gasteiger partial charge in [-0.1, -0.05) is 0 Å². The van der Waals surface area contributed by atoms with Gasteiger partial charge in [0.1, 0.15) is 11.4 Å². The van der Waals surface area contributed by atoms with E-state index >= 15 is 0 Å². The second-order valence-electron chi connectivity index (χ2n) is 4.75. The minimum Gasteiger partial charge on any atom is -0.478 e. The maximum Gasteiger partial charge on any atom is 0.339 e. The maximum absolute atomic E-state index is 11.1. The summed E-state index contributed by atoms with van der Waals surface area (Å²) in [5.41, 5.74) is 0.843. The highest BCUT2D eigenvalue weighted by Gasteiger charge is 2.37. The van der Waals surface area contributed by atoms with Gasteiger partial charge in [-0.2, -0.15) is 0 Å². The molecular formula is C13H18N2O3. The number of carboxylic acids is 1. The van der Waals surface area contributed by atoms with Crippen LogP contribution in [0.4, 0.5) is 5.82 Å². The summed E-state index contributed by atoms with van der Waals surface area (Å²) < 4.78 is 5.49. The predicted molar refractivity (Wildman–Crippen MR) is 68.0 cm³/mol. The number of carboxylic acid groups (broad SMARTS) is 1. The number of hydrogen-bond acceptors (Lipinski definition) is 4. The summed E-state index contributed by atoms with van der Waals surface area (Å²) in [7, 11) is 1.70. The van der Waals surface area contributed by atoms with Crippen LogP contribution in [-0.2, 0) is 4.74 Å². The van der Waals surface area contributed by atoms with Crippen LogP contribution >= 0.6 is 0 Å². The van der Waals surface area contributed by atoms with Crippen LogP contribution in [0.3, 0.4) is 0 Å². The summed E-state index contributed by atoms with van der Waals surface area (Å²) >= 11 is 0. The number of ether oxygens (including phenoxy) is 1. The molecule has 0 saturated heterocycles. The van der Waals surface area contributed by atoms with Crippen LogP contribution < -0.4 is 5.32 Å². The first-order valence-corrected chi connectivity index (χ1v) is 6.06. The van der Waals surface area contributed by atoms with Gasteiger partial charge in [0.05, 0.1) is 5.60 Å². The minimum atomic E-state index is -0.968. The van der Waals surface area contributed by atoms with Crippen LogP contribution in [-0.4, -0.2) is 35.3 Å². The lowest BCUT2D eigenvalue weighted by molar-refractivity contribution is -0.0601. The molecule has 1 aliphatic rings.